The number of rotatable bonds is 10. The number of carbonyl (C=O) groups excluding carboxylic acids is 1. The van der Waals surface area contributed by atoms with Crippen LogP contribution in [0.5, 0.6) is 0 Å². The van der Waals surface area contributed by atoms with Crippen LogP contribution in [-0.4, -0.2) is 64.8 Å². The zero-order valence-corrected chi connectivity index (χ0v) is 18.6. The van der Waals surface area contributed by atoms with Gasteiger partial charge >= 0.3 is 0 Å². The second-order valence-electron chi connectivity index (χ2n) is 8.40. The maximum Gasteiger partial charge on any atom is 0.249 e. The standard InChI is InChI=1S/C26H33N5O/c32-26(25(31-17-9-15-28-31)24-12-5-2-6-13-24)27-14-7-8-16-29-18-20-30(21-19-29)22-23-10-3-1-4-11-23/h1-6,9-13,15,17,25H,7-8,14,16,18-22H2,(H,27,32). The monoisotopic (exact) mass is 431 g/mol. The van der Waals surface area contributed by atoms with Crippen molar-refractivity contribution in [2.24, 2.45) is 0 Å². The van der Waals surface area contributed by atoms with E-state index in [4.69, 9.17) is 0 Å². The van der Waals surface area contributed by atoms with E-state index in [2.05, 4.69) is 50.5 Å². The van der Waals surface area contributed by atoms with E-state index in [0.717, 1.165) is 57.7 Å². The lowest BCUT2D eigenvalue weighted by atomic mass is 10.1. The van der Waals surface area contributed by atoms with Gasteiger partial charge in [0, 0.05) is 51.7 Å². The molecule has 0 bridgehead atoms. The number of unbranched alkanes of at least 4 members (excludes halogenated alkanes) is 1. The van der Waals surface area contributed by atoms with Gasteiger partial charge in [0.1, 0.15) is 0 Å². The first-order valence-electron chi connectivity index (χ1n) is 11.6. The zero-order chi connectivity index (χ0) is 22.0. The third-order valence-electron chi connectivity index (χ3n) is 6.07. The first-order valence-corrected chi connectivity index (χ1v) is 11.6. The molecular formula is C26H33N5O. The van der Waals surface area contributed by atoms with Gasteiger partial charge in [-0.05, 0) is 36.6 Å². The minimum absolute atomic E-state index is 0.00516. The van der Waals surface area contributed by atoms with Gasteiger partial charge in [-0.2, -0.15) is 5.10 Å². The summed E-state index contributed by atoms with van der Waals surface area (Å²) in [7, 11) is 0. The first-order chi connectivity index (χ1) is 15.8. The van der Waals surface area contributed by atoms with Gasteiger partial charge in [0.25, 0.3) is 0 Å². The predicted molar refractivity (Wildman–Crippen MR) is 127 cm³/mol. The Labute approximate surface area is 190 Å². The summed E-state index contributed by atoms with van der Waals surface area (Å²) in [6.45, 7) is 7.30. The van der Waals surface area contributed by atoms with Gasteiger partial charge in [-0.25, -0.2) is 0 Å². The largest absolute Gasteiger partial charge is 0.354 e. The van der Waals surface area contributed by atoms with Crippen molar-refractivity contribution in [2.45, 2.75) is 25.4 Å². The summed E-state index contributed by atoms with van der Waals surface area (Å²) in [5.41, 5.74) is 2.34. The van der Waals surface area contributed by atoms with Crippen LogP contribution in [-0.2, 0) is 11.3 Å². The average molecular weight is 432 g/mol. The van der Waals surface area contributed by atoms with Crippen LogP contribution in [0.25, 0.3) is 0 Å². The Hall–Kier alpha value is -2.96. The minimum atomic E-state index is -0.427. The van der Waals surface area contributed by atoms with Crippen molar-refractivity contribution in [3.05, 3.63) is 90.3 Å². The molecule has 1 fully saturated rings. The fourth-order valence-electron chi connectivity index (χ4n) is 4.27. The van der Waals surface area contributed by atoms with E-state index in [-0.39, 0.29) is 5.91 Å². The van der Waals surface area contributed by atoms with E-state index >= 15 is 0 Å². The quantitative estimate of drug-likeness (QED) is 0.501. The number of nitrogens with zero attached hydrogens (tertiary/aromatic N) is 4. The number of nitrogens with one attached hydrogen (secondary N) is 1. The van der Waals surface area contributed by atoms with E-state index in [1.807, 2.05) is 42.6 Å². The number of aromatic nitrogens is 2. The molecule has 1 unspecified atom stereocenters. The highest BCUT2D eigenvalue weighted by molar-refractivity contribution is 5.83. The second kappa shape index (κ2) is 11.6. The molecule has 2 aromatic carbocycles. The molecule has 0 spiro atoms. The Morgan fingerprint density at radius 2 is 1.56 bits per heavy atom. The molecule has 1 aliphatic rings. The van der Waals surface area contributed by atoms with Crippen LogP contribution in [0, 0.1) is 0 Å². The molecule has 1 aliphatic heterocycles. The maximum atomic E-state index is 12.9. The Kier molecular flexibility index (Phi) is 8.06. The lowest BCUT2D eigenvalue weighted by Crippen LogP contribution is -2.46. The molecule has 2 heterocycles. The van der Waals surface area contributed by atoms with Crippen LogP contribution in [0.3, 0.4) is 0 Å². The lowest BCUT2D eigenvalue weighted by molar-refractivity contribution is -0.123. The van der Waals surface area contributed by atoms with Crippen molar-refractivity contribution in [2.75, 3.05) is 39.3 Å². The molecule has 168 valence electrons. The number of hydrogen-bond donors (Lipinski definition) is 1. The molecule has 6 nitrogen and oxygen atoms in total. The summed E-state index contributed by atoms with van der Waals surface area (Å²) in [6.07, 6.45) is 5.63. The summed E-state index contributed by atoms with van der Waals surface area (Å²) in [5.74, 6) is -0.00516. The maximum absolute atomic E-state index is 12.9. The highest BCUT2D eigenvalue weighted by Gasteiger charge is 2.22. The molecule has 0 saturated carbocycles. The number of carbonyl (C=O) groups is 1. The molecule has 1 saturated heterocycles. The van der Waals surface area contributed by atoms with Gasteiger partial charge in [-0.15, -0.1) is 0 Å². The van der Waals surface area contributed by atoms with Crippen molar-refractivity contribution in [3.63, 3.8) is 0 Å². The molecule has 0 radical (unpaired) electrons. The third kappa shape index (κ3) is 6.28. The number of amides is 1. The summed E-state index contributed by atoms with van der Waals surface area (Å²) in [6, 6.07) is 22.0. The van der Waals surface area contributed by atoms with Crippen LogP contribution in [0.15, 0.2) is 79.1 Å². The molecule has 0 aliphatic carbocycles. The lowest BCUT2D eigenvalue weighted by Gasteiger charge is -2.34. The molecule has 1 aromatic heterocycles. The van der Waals surface area contributed by atoms with Gasteiger partial charge in [0.15, 0.2) is 6.04 Å². The number of benzene rings is 2. The predicted octanol–water partition coefficient (Wildman–Crippen LogP) is 3.19. The van der Waals surface area contributed by atoms with Crippen molar-refractivity contribution < 1.29 is 4.79 Å². The van der Waals surface area contributed by atoms with Crippen LogP contribution < -0.4 is 5.32 Å². The normalized spacial score (nSPS) is 16.0. The number of hydrogen-bond acceptors (Lipinski definition) is 4. The van der Waals surface area contributed by atoms with Gasteiger partial charge < -0.3 is 10.2 Å². The van der Waals surface area contributed by atoms with Crippen LogP contribution in [0.1, 0.15) is 30.0 Å². The minimum Gasteiger partial charge on any atom is -0.354 e. The Morgan fingerprint density at radius 3 is 2.25 bits per heavy atom. The first kappa shape index (κ1) is 22.2. The third-order valence-corrected chi connectivity index (χ3v) is 6.07. The van der Waals surface area contributed by atoms with E-state index < -0.39 is 6.04 Å². The molecule has 1 N–H and O–H groups in total. The topological polar surface area (TPSA) is 53.4 Å². The summed E-state index contributed by atoms with van der Waals surface area (Å²) in [5, 5.41) is 7.41. The Morgan fingerprint density at radius 1 is 0.875 bits per heavy atom. The molecule has 4 rings (SSSR count). The van der Waals surface area contributed by atoms with E-state index in [1.54, 1.807) is 10.9 Å². The van der Waals surface area contributed by atoms with Gasteiger partial charge in [-0.3, -0.25) is 14.4 Å². The van der Waals surface area contributed by atoms with E-state index in [9.17, 15) is 4.79 Å². The van der Waals surface area contributed by atoms with Crippen LogP contribution in [0.2, 0.25) is 0 Å². The van der Waals surface area contributed by atoms with Crippen LogP contribution >= 0.6 is 0 Å². The Balaban J connectivity index is 1.15. The van der Waals surface area contributed by atoms with Crippen molar-refractivity contribution in [3.8, 4) is 0 Å². The van der Waals surface area contributed by atoms with Gasteiger partial charge in [-0.1, -0.05) is 60.7 Å². The fourth-order valence-corrected chi connectivity index (χ4v) is 4.27. The summed E-state index contributed by atoms with van der Waals surface area (Å²) < 4.78 is 1.72. The van der Waals surface area contributed by atoms with Crippen molar-refractivity contribution in [1.82, 2.24) is 24.9 Å². The summed E-state index contributed by atoms with van der Waals surface area (Å²) in [4.78, 5) is 18.0. The molecular weight excluding hydrogens is 398 g/mol. The van der Waals surface area contributed by atoms with Gasteiger partial charge in [0.2, 0.25) is 5.91 Å². The average Bonchev–Trinajstić information content (AvgIpc) is 3.36. The van der Waals surface area contributed by atoms with Crippen LogP contribution in [0.4, 0.5) is 0 Å². The molecule has 3 aromatic rings. The van der Waals surface area contributed by atoms with Crippen molar-refractivity contribution >= 4 is 5.91 Å². The van der Waals surface area contributed by atoms with Gasteiger partial charge in [0.05, 0.1) is 0 Å². The highest BCUT2D eigenvalue weighted by atomic mass is 16.2. The summed E-state index contributed by atoms with van der Waals surface area (Å²) >= 11 is 0. The highest BCUT2D eigenvalue weighted by Crippen LogP contribution is 2.17. The zero-order valence-electron chi connectivity index (χ0n) is 18.6. The fraction of sp³-hybridized carbons (Fsp3) is 0.385. The van der Waals surface area contributed by atoms with E-state index in [0.29, 0.717) is 6.54 Å². The Bertz CT molecular complexity index is 921. The number of piperazine rings is 1. The second-order valence-corrected chi connectivity index (χ2v) is 8.40. The molecule has 6 heteroatoms. The molecule has 1 atom stereocenters. The van der Waals surface area contributed by atoms with E-state index in [1.165, 1.54) is 5.56 Å². The SMILES string of the molecule is O=C(NCCCCN1CCN(Cc2ccccc2)CC1)C(c1ccccc1)n1cccn1. The smallest absolute Gasteiger partial charge is 0.249 e. The molecule has 1 amide bonds. The molecule has 32 heavy (non-hydrogen) atoms. The van der Waals surface area contributed by atoms with Crippen molar-refractivity contribution in [1.29, 1.82) is 0 Å².